The summed E-state index contributed by atoms with van der Waals surface area (Å²) in [7, 11) is 0. The van der Waals surface area contributed by atoms with Crippen LogP contribution in [0.15, 0.2) is 24.3 Å². The topological polar surface area (TPSA) is 0 Å². The van der Waals surface area contributed by atoms with E-state index in [2.05, 4.69) is 87.4 Å². The Morgan fingerprint density at radius 1 is 0.750 bits per heavy atom. The van der Waals surface area contributed by atoms with Crippen LogP contribution >= 0.6 is 0 Å². The molecule has 20 heavy (non-hydrogen) atoms. The van der Waals surface area contributed by atoms with Gasteiger partial charge in [0, 0.05) is 0 Å². The van der Waals surface area contributed by atoms with Crippen molar-refractivity contribution in [3.05, 3.63) is 35.4 Å². The van der Waals surface area contributed by atoms with E-state index in [-0.39, 0.29) is 0 Å². The summed E-state index contributed by atoms with van der Waals surface area (Å²) in [4.78, 5) is 0. The Hall–Kier alpha value is 0.415. The number of benzene rings is 1. The minimum absolute atomic E-state index is 0.684. The number of hydrogen-bond acceptors (Lipinski definition) is 0. The first-order chi connectivity index (χ1) is 9.47. The van der Waals surface area contributed by atoms with Gasteiger partial charge in [-0.05, 0) is 0 Å². The molecule has 1 rings (SSSR count). The van der Waals surface area contributed by atoms with E-state index in [0.29, 0.717) is 9.18 Å². The van der Waals surface area contributed by atoms with E-state index in [0.717, 1.165) is 11.8 Å². The molecule has 0 aliphatic carbocycles. The summed E-state index contributed by atoms with van der Waals surface area (Å²) in [6, 6.07) is 9.43. The second-order valence-electron chi connectivity index (χ2n) is 6.97. The molecule has 2 heteroatoms. The van der Waals surface area contributed by atoms with Gasteiger partial charge in [-0.25, -0.2) is 0 Å². The summed E-state index contributed by atoms with van der Waals surface area (Å²) in [5, 5.41) is 0. The van der Waals surface area contributed by atoms with Gasteiger partial charge in [-0.1, -0.05) is 0 Å². The van der Waals surface area contributed by atoms with Gasteiger partial charge in [0.15, 0.2) is 0 Å². The Bertz CT molecular complexity index is 335. The summed E-state index contributed by atoms with van der Waals surface area (Å²) < 4.78 is 1.37. The molecule has 0 aliphatic heterocycles. The summed E-state index contributed by atoms with van der Waals surface area (Å²) in [6.45, 7) is 9.30. The Morgan fingerprint density at radius 3 is 1.30 bits per heavy atom. The monoisotopic (exact) mass is 258 g/mol. The van der Waals surface area contributed by atoms with E-state index in [9.17, 15) is 0 Å². The molecular formula is C18H28Li2. The summed E-state index contributed by atoms with van der Waals surface area (Å²) in [6.07, 6.45) is 5.18. The van der Waals surface area contributed by atoms with Gasteiger partial charge in [0.1, 0.15) is 0 Å². The molecule has 0 fully saturated rings. The number of hydrogen-bond donors (Lipinski definition) is 0. The third-order valence-electron chi connectivity index (χ3n) is 4.98. The van der Waals surface area contributed by atoms with Crippen LogP contribution in [-0.2, 0) is 0 Å². The fraction of sp³-hybridized carbons (Fsp3) is 0.667. The molecule has 0 bridgehead atoms. The average Bonchev–Trinajstić information content (AvgIpc) is 2.46. The Balaban J connectivity index is 2.63. The molecule has 0 nitrogen and oxygen atoms in total. The first kappa shape index (κ1) is 18.5. The van der Waals surface area contributed by atoms with Gasteiger partial charge in [0.25, 0.3) is 0 Å². The van der Waals surface area contributed by atoms with Crippen molar-refractivity contribution in [1.82, 2.24) is 0 Å². The van der Waals surface area contributed by atoms with E-state index in [1.165, 1.54) is 36.8 Å². The zero-order chi connectivity index (χ0) is 15.1. The van der Waals surface area contributed by atoms with Crippen molar-refractivity contribution in [1.29, 1.82) is 0 Å². The van der Waals surface area contributed by atoms with Crippen LogP contribution in [0.4, 0.5) is 0 Å². The van der Waals surface area contributed by atoms with Crippen molar-refractivity contribution in [3.8, 4) is 0 Å². The Kier molecular flexibility index (Phi) is 8.71. The molecule has 0 spiro atoms. The van der Waals surface area contributed by atoms with Gasteiger partial charge >= 0.3 is 145 Å². The third kappa shape index (κ3) is 6.04. The zero-order valence-electron chi connectivity index (χ0n) is 14.4. The van der Waals surface area contributed by atoms with Crippen LogP contribution in [0.1, 0.15) is 73.7 Å². The molecule has 0 aromatic heterocycles. The molecule has 4 unspecified atom stereocenters. The molecule has 0 N–H and O–H groups in total. The van der Waals surface area contributed by atoms with Crippen molar-refractivity contribution < 1.29 is 0 Å². The number of rotatable bonds is 8. The fourth-order valence-electron chi connectivity index (χ4n) is 2.97. The normalized spacial score (nSPS) is 17.6. The van der Waals surface area contributed by atoms with Crippen LogP contribution in [0.3, 0.4) is 0 Å². The maximum absolute atomic E-state index is 2.36. The second kappa shape index (κ2) is 9.44. The van der Waals surface area contributed by atoms with Gasteiger partial charge in [-0.3, -0.25) is 0 Å². The summed E-state index contributed by atoms with van der Waals surface area (Å²) in [5.41, 5.74) is 3.01. The van der Waals surface area contributed by atoms with E-state index in [1.54, 1.807) is 0 Å². The predicted octanol–water partition coefficient (Wildman–Crippen LogP) is 4.98. The van der Waals surface area contributed by atoms with Crippen LogP contribution in [0.5, 0.6) is 0 Å². The van der Waals surface area contributed by atoms with Crippen LogP contribution in [-0.4, -0.2) is 35.4 Å². The van der Waals surface area contributed by atoms with Crippen molar-refractivity contribution in [2.45, 2.75) is 62.6 Å². The van der Waals surface area contributed by atoms with Crippen molar-refractivity contribution in [2.75, 3.05) is 0 Å². The first-order valence-corrected chi connectivity index (χ1v) is 8.57. The molecule has 1 aromatic rings. The molecular weight excluding hydrogens is 230 g/mol. The second-order valence-corrected chi connectivity index (χ2v) is 6.97. The van der Waals surface area contributed by atoms with E-state index >= 15 is 0 Å². The van der Waals surface area contributed by atoms with Gasteiger partial charge in [0.05, 0.1) is 0 Å². The molecule has 0 saturated carbocycles. The van der Waals surface area contributed by atoms with Crippen LogP contribution in [0.25, 0.3) is 0 Å². The quantitative estimate of drug-likeness (QED) is 0.577. The molecule has 1 aromatic carbocycles. The Labute approximate surface area is 144 Å². The molecule has 0 radical (unpaired) electrons. The maximum atomic E-state index is 2.36. The molecule has 4 atom stereocenters. The van der Waals surface area contributed by atoms with Crippen molar-refractivity contribution in [3.63, 3.8) is 0 Å². The van der Waals surface area contributed by atoms with E-state index in [1.807, 2.05) is 0 Å². The minimum atomic E-state index is 0.684. The average molecular weight is 258 g/mol. The zero-order valence-corrected chi connectivity index (χ0v) is 14.4. The van der Waals surface area contributed by atoms with Gasteiger partial charge in [-0.2, -0.15) is 0 Å². The standard InChI is InChI=1S/C18H28.2Li/c1-5-15(3)7-9-17-11-13-18(14-12-17)10-8-16(4)6-2;;/h9-16H,5-8H2,1-4H3;;. The predicted molar refractivity (Wildman–Crippen MR) is 91.6 cm³/mol. The SMILES string of the molecule is [Li][CH](CC(C)CC)c1ccc([CH]([Li])CC(C)CC)cc1. The molecule has 0 aliphatic rings. The van der Waals surface area contributed by atoms with Crippen molar-refractivity contribution in [2.24, 2.45) is 11.8 Å². The third-order valence-corrected chi connectivity index (χ3v) is 4.98. The Morgan fingerprint density at radius 2 is 1.05 bits per heavy atom. The molecule has 102 valence electrons. The summed E-state index contributed by atoms with van der Waals surface area (Å²) in [5.74, 6) is 1.66. The molecule has 0 amide bonds. The van der Waals surface area contributed by atoms with Crippen molar-refractivity contribution >= 4 is 35.4 Å². The van der Waals surface area contributed by atoms with Crippen LogP contribution < -0.4 is 0 Å². The van der Waals surface area contributed by atoms with Gasteiger partial charge in [0.2, 0.25) is 0 Å². The van der Waals surface area contributed by atoms with Gasteiger partial charge < -0.3 is 0 Å². The summed E-state index contributed by atoms with van der Waals surface area (Å²) >= 11 is 4.73. The fourth-order valence-corrected chi connectivity index (χ4v) is 2.97. The molecule has 0 saturated heterocycles. The van der Waals surface area contributed by atoms with Crippen LogP contribution in [0.2, 0.25) is 0 Å². The molecule has 0 heterocycles. The van der Waals surface area contributed by atoms with E-state index in [4.69, 9.17) is 0 Å². The van der Waals surface area contributed by atoms with Gasteiger partial charge in [-0.15, -0.1) is 0 Å². The van der Waals surface area contributed by atoms with E-state index < -0.39 is 0 Å². The van der Waals surface area contributed by atoms with Crippen LogP contribution in [0, 0.1) is 11.8 Å². The first-order valence-electron chi connectivity index (χ1n) is 8.57.